The number of amidine groups is 1. The molecule has 0 radical (unpaired) electrons. The quantitative estimate of drug-likeness (QED) is 0.397. The first kappa shape index (κ1) is 11.8. The monoisotopic (exact) mass is 217 g/mol. The van der Waals surface area contributed by atoms with Crippen LogP contribution in [-0.4, -0.2) is 55.1 Å². The Labute approximate surface area is 89.7 Å². The summed E-state index contributed by atoms with van der Waals surface area (Å²) in [7, 11) is 0. The van der Waals surface area contributed by atoms with Gasteiger partial charge in [0, 0.05) is 13.1 Å². The van der Waals surface area contributed by atoms with Crippen molar-refractivity contribution in [3.63, 3.8) is 0 Å². The van der Waals surface area contributed by atoms with E-state index in [0.717, 1.165) is 19.6 Å². The fourth-order valence-corrected chi connectivity index (χ4v) is 1.94. The predicted molar refractivity (Wildman–Crippen MR) is 61.1 cm³/mol. The number of thioether (sulfide) groups is 1. The number of ether oxygens (including phenoxy) is 1. The zero-order chi connectivity index (χ0) is 10.4. The fraction of sp³-hybridized carbons (Fsp3) is 0.889. The van der Waals surface area contributed by atoms with Crippen LogP contribution in [0.25, 0.3) is 0 Å². The van der Waals surface area contributed by atoms with E-state index < -0.39 is 0 Å². The molecule has 1 saturated heterocycles. The number of nitrogens with zero attached hydrogens (tertiary/aromatic N) is 1. The predicted octanol–water partition coefficient (Wildman–Crippen LogP) is 0.376. The lowest BCUT2D eigenvalue weighted by molar-refractivity contribution is 0.00591. The first-order chi connectivity index (χ1) is 6.74. The Bertz CT molecular complexity index is 189. The summed E-state index contributed by atoms with van der Waals surface area (Å²) >= 11 is 1.87. The Kier molecular flexibility index (Phi) is 5.29. The summed E-state index contributed by atoms with van der Waals surface area (Å²) in [6.45, 7) is 3.54. The van der Waals surface area contributed by atoms with Crippen molar-refractivity contribution < 1.29 is 4.74 Å². The fourth-order valence-electron chi connectivity index (χ4n) is 1.53. The molecule has 82 valence electrons. The Balaban J connectivity index is 2.22. The molecule has 1 unspecified atom stereocenters. The molecule has 0 aromatic carbocycles. The van der Waals surface area contributed by atoms with Crippen molar-refractivity contribution >= 4 is 17.6 Å². The van der Waals surface area contributed by atoms with Gasteiger partial charge in [-0.05, 0) is 25.0 Å². The molecule has 1 rings (SSSR count). The summed E-state index contributed by atoms with van der Waals surface area (Å²) in [4.78, 5) is 2.33. The lowest BCUT2D eigenvalue weighted by Crippen LogP contribution is -2.48. The van der Waals surface area contributed by atoms with E-state index in [2.05, 4.69) is 11.2 Å². The summed E-state index contributed by atoms with van der Waals surface area (Å²) in [6, 6.07) is 0. The van der Waals surface area contributed by atoms with Crippen LogP contribution in [0, 0.1) is 5.41 Å². The standard InChI is InChI=1S/C9H19N3OS/c1-14-6-2-3-12-4-5-13-8(7-12)9(10)11/h8H,2-7H2,1H3,(H3,10,11). The second-order valence-corrected chi connectivity index (χ2v) is 4.45. The third-order valence-corrected chi connectivity index (χ3v) is 3.02. The SMILES string of the molecule is CSCCCN1CCOC(C(=N)N)C1. The number of nitrogens with one attached hydrogen (secondary N) is 1. The Morgan fingerprint density at radius 3 is 3.14 bits per heavy atom. The molecule has 1 aliphatic rings. The van der Waals surface area contributed by atoms with E-state index in [1.54, 1.807) is 0 Å². The lowest BCUT2D eigenvalue weighted by Gasteiger charge is -2.32. The first-order valence-electron chi connectivity index (χ1n) is 4.91. The van der Waals surface area contributed by atoms with Crippen molar-refractivity contribution in [1.29, 1.82) is 5.41 Å². The van der Waals surface area contributed by atoms with Crippen molar-refractivity contribution in [2.75, 3.05) is 38.2 Å². The van der Waals surface area contributed by atoms with Crippen molar-refractivity contribution in [2.45, 2.75) is 12.5 Å². The molecule has 1 atom stereocenters. The second-order valence-electron chi connectivity index (χ2n) is 3.46. The molecule has 0 saturated carbocycles. The Morgan fingerprint density at radius 2 is 2.50 bits per heavy atom. The summed E-state index contributed by atoms with van der Waals surface area (Å²) in [5.41, 5.74) is 5.41. The minimum Gasteiger partial charge on any atom is -0.385 e. The van der Waals surface area contributed by atoms with Crippen LogP contribution in [0.5, 0.6) is 0 Å². The maximum atomic E-state index is 7.31. The highest BCUT2D eigenvalue weighted by molar-refractivity contribution is 7.98. The zero-order valence-corrected chi connectivity index (χ0v) is 9.48. The molecule has 1 heterocycles. The van der Waals surface area contributed by atoms with Crippen molar-refractivity contribution in [3.8, 4) is 0 Å². The maximum absolute atomic E-state index is 7.31. The number of hydrogen-bond donors (Lipinski definition) is 2. The molecule has 4 nitrogen and oxygen atoms in total. The minimum atomic E-state index is -0.182. The Hall–Kier alpha value is -0.260. The molecule has 0 aromatic rings. The first-order valence-corrected chi connectivity index (χ1v) is 6.30. The van der Waals surface area contributed by atoms with Gasteiger partial charge < -0.3 is 10.5 Å². The van der Waals surface area contributed by atoms with Crippen LogP contribution >= 0.6 is 11.8 Å². The van der Waals surface area contributed by atoms with Crippen molar-refractivity contribution in [3.05, 3.63) is 0 Å². The van der Waals surface area contributed by atoms with Gasteiger partial charge >= 0.3 is 0 Å². The minimum absolute atomic E-state index is 0.152. The van der Waals surface area contributed by atoms with Gasteiger partial charge in [-0.15, -0.1) is 0 Å². The van der Waals surface area contributed by atoms with E-state index in [1.807, 2.05) is 11.8 Å². The molecule has 14 heavy (non-hydrogen) atoms. The number of hydrogen-bond acceptors (Lipinski definition) is 4. The summed E-state index contributed by atoms with van der Waals surface area (Å²) in [5.74, 6) is 1.35. The van der Waals surface area contributed by atoms with E-state index in [9.17, 15) is 0 Å². The largest absolute Gasteiger partial charge is 0.385 e. The highest BCUT2D eigenvalue weighted by atomic mass is 32.2. The Morgan fingerprint density at radius 1 is 1.71 bits per heavy atom. The van der Waals surface area contributed by atoms with Crippen LogP contribution in [-0.2, 0) is 4.74 Å². The van der Waals surface area contributed by atoms with Gasteiger partial charge in [0.05, 0.1) is 6.61 Å². The third-order valence-electron chi connectivity index (χ3n) is 2.32. The highest BCUT2D eigenvalue weighted by Gasteiger charge is 2.21. The van der Waals surface area contributed by atoms with Gasteiger partial charge in [-0.2, -0.15) is 11.8 Å². The van der Waals surface area contributed by atoms with E-state index in [1.165, 1.54) is 12.2 Å². The molecule has 0 bridgehead atoms. The molecular weight excluding hydrogens is 198 g/mol. The van der Waals surface area contributed by atoms with E-state index in [-0.39, 0.29) is 11.9 Å². The summed E-state index contributed by atoms with van der Waals surface area (Å²) < 4.78 is 5.38. The van der Waals surface area contributed by atoms with Gasteiger partial charge in [-0.3, -0.25) is 10.3 Å². The molecule has 0 spiro atoms. The highest BCUT2D eigenvalue weighted by Crippen LogP contribution is 2.06. The summed E-state index contributed by atoms with van der Waals surface area (Å²) in [6.07, 6.45) is 3.14. The molecule has 1 aliphatic heterocycles. The van der Waals surface area contributed by atoms with E-state index >= 15 is 0 Å². The topological polar surface area (TPSA) is 62.3 Å². The average Bonchev–Trinajstić information content (AvgIpc) is 2.19. The summed E-state index contributed by atoms with van der Waals surface area (Å²) in [5, 5.41) is 7.31. The molecule has 5 heteroatoms. The van der Waals surface area contributed by atoms with Gasteiger partial charge in [0.15, 0.2) is 0 Å². The second kappa shape index (κ2) is 6.27. The number of morpholine rings is 1. The van der Waals surface area contributed by atoms with Crippen LogP contribution in [0.3, 0.4) is 0 Å². The third kappa shape index (κ3) is 3.86. The van der Waals surface area contributed by atoms with Gasteiger partial charge in [0.2, 0.25) is 0 Å². The van der Waals surface area contributed by atoms with Crippen LogP contribution < -0.4 is 5.73 Å². The molecule has 0 aliphatic carbocycles. The molecule has 1 fully saturated rings. The molecule has 0 amide bonds. The normalized spacial score (nSPS) is 23.6. The zero-order valence-electron chi connectivity index (χ0n) is 8.66. The number of nitrogens with two attached hydrogens (primary N) is 1. The molecule has 3 N–H and O–H groups in total. The van der Waals surface area contributed by atoms with Gasteiger partial charge in [-0.25, -0.2) is 0 Å². The van der Waals surface area contributed by atoms with Crippen molar-refractivity contribution in [1.82, 2.24) is 4.90 Å². The van der Waals surface area contributed by atoms with Gasteiger partial charge in [-0.1, -0.05) is 0 Å². The molecule has 0 aromatic heterocycles. The van der Waals surface area contributed by atoms with Gasteiger partial charge in [0.1, 0.15) is 11.9 Å². The van der Waals surface area contributed by atoms with E-state index in [0.29, 0.717) is 6.61 Å². The van der Waals surface area contributed by atoms with Crippen LogP contribution in [0.4, 0.5) is 0 Å². The smallest absolute Gasteiger partial charge is 0.127 e. The van der Waals surface area contributed by atoms with Crippen molar-refractivity contribution in [2.24, 2.45) is 5.73 Å². The number of rotatable bonds is 5. The van der Waals surface area contributed by atoms with Crippen LogP contribution in [0.2, 0.25) is 0 Å². The van der Waals surface area contributed by atoms with Gasteiger partial charge in [0.25, 0.3) is 0 Å². The average molecular weight is 217 g/mol. The molecular formula is C9H19N3OS. The lowest BCUT2D eigenvalue weighted by atomic mass is 10.2. The van der Waals surface area contributed by atoms with Crippen LogP contribution in [0.15, 0.2) is 0 Å². The van der Waals surface area contributed by atoms with E-state index in [4.69, 9.17) is 15.9 Å². The van der Waals surface area contributed by atoms with Crippen LogP contribution in [0.1, 0.15) is 6.42 Å². The maximum Gasteiger partial charge on any atom is 0.127 e.